The van der Waals surface area contributed by atoms with E-state index in [9.17, 15) is 0 Å². The molecule has 0 unspecified atom stereocenters. The maximum atomic E-state index is 6.08. The summed E-state index contributed by atoms with van der Waals surface area (Å²) in [5, 5.41) is 3.80. The minimum absolute atomic E-state index is 0. The quantitative estimate of drug-likeness (QED) is 0.440. The average molecular weight is 416 g/mol. The van der Waals surface area contributed by atoms with Crippen molar-refractivity contribution in [3.05, 3.63) is 64.2 Å². The molecule has 21 heavy (non-hydrogen) atoms. The fraction of sp³-hybridized carbons (Fsp3) is 0.188. The number of hydrogen-bond acceptors (Lipinski definition) is 1. The second-order valence-corrected chi connectivity index (χ2v) is 5.20. The lowest BCUT2D eigenvalue weighted by Crippen LogP contribution is -2.22. The van der Waals surface area contributed by atoms with E-state index in [0.29, 0.717) is 17.5 Å². The van der Waals surface area contributed by atoms with E-state index in [1.165, 1.54) is 11.1 Å². The lowest BCUT2D eigenvalue weighted by molar-refractivity contribution is 1.06. The largest absolute Gasteiger partial charge is 0.370 e. The molecule has 5 heteroatoms. The predicted molar refractivity (Wildman–Crippen MR) is 102 cm³/mol. The standard InChI is InChI=1S/C16H18ClN3.HI/c1-11-7-12(2)9-14(8-11)20-16(18)19-10-13-5-3-4-6-15(13)17;/h3-9H,10H2,1-2H3,(H3,18,19,20);1H. The number of nitrogens with two attached hydrogens (primary N) is 1. The first-order valence-electron chi connectivity index (χ1n) is 6.43. The first-order chi connectivity index (χ1) is 9.54. The number of aryl methyl sites for hydroxylation is 2. The Bertz CT molecular complexity index is 621. The number of rotatable bonds is 3. The van der Waals surface area contributed by atoms with Crippen LogP contribution in [0.4, 0.5) is 5.69 Å². The number of benzene rings is 2. The maximum absolute atomic E-state index is 6.08. The monoisotopic (exact) mass is 415 g/mol. The topological polar surface area (TPSA) is 50.4 Å². The zero-order valence-corrected chi connectivity index (χ0v) is 15.1. The third kappa shape index (κ3) is 5.55. The smallest absolute Gasteiger partial charge is 0.193 e. The molecule has 2 aromatic carbocycles. The molecule has 0 aliphatic rings. The average Bonchev–Trinajstić information content (AvgIpc) is 2.36. The van der Waals surface area contributed by atoms with E-state index >= 15 is 0 Å². The number of nitrogens with one attached hydrogen (secondary N) is 1. The third-order valence-electron chi connectivity index (χ3n) is 2.87. The minimum Gasteiger partial charge on any atom is -0.370 e. The van der Waals surface area contributed by atoms with Crippen LogP contribution in [0, 0.1) is 13.8 Å². The summed E-state index contributed by atoms with van der Waals surface area (Å²) in [6.45, 7) is 4.56. The van der Waals surface area contributed by atoms with E-state index in [1.54, 1.807) is 0 Å². The highest BCUT2D eigenvalue weighted by Gasteiger charge is 2.00. The molecule has 0 saturated carbocycles. The van der Waals surface area contributed by atoms with E-state index in [0.717, 1.165) is 11.3 Å². The molecule has 2 aromatic rings. The Morgan fingerprint density at radius 2 is 1.76 bits per heavy atom. The minimum atomic E-state index is 0. The van der Waals surface area contributed by atoms with Crippen molar-refractivity contribution in [2.45, 2.75) is 20.4 Å². The summed E-state index contributed by atoms with van der Waals surface area (Å²) in [5.41, 5.74) is 10.2. The van der Waals surface area contributed by atoms with Gasteiger partial charge in [0.15, 0.2) is 5.96 Å². The summed E-state index contributed by atoms with van der Waals surface area (Å²) in [7, 11) is 0. The summed E-state index contributed by atoms with van der Waals surface area (Å²) < 4.78 is 0. The lowest BCUT2D eigenvalue weighted by atomic mass is 10.1. The summed E-state index contributed by atoms with van der Waals surface area (Å²) in [6.07, 6.45) is 0. The summed E-state index contributed by atoms with van der Waals surface area (Å²) >= 11 is 6.08. The van der Waals surface area contributed by atoms with Crippen LogP contribution in [0.25, 0.3) is 0 Å². The zero-order chi connectivity index (χ0) is 14.5. The van der Waals surface area contributed by atoms with Gasteiger partial charge in [-0.05, 0) is 48.7 Å². The van der Waals surface area contributed by atoms with Crippen molar-refractivity contribution in [1.82, 2.24) is 0 Å². The van der Waals surface area contributed by atoms with Crippen LogP contribution < -0.4 is 11.1 Å². The first-order valence-corrected chi connectivity index (χ1v) is 6.81. The SMILES string of the molecule is Cc1cc(C)cc(NC(N)=NCc2ccccc2Cl)c1.I. The number of nitrogens with zero attached hydrogens (tertiary/aromatic N) is 1. The van der Waals surface area contributed by atoms with E-state index in [2.05, 4.69) is 30.2 Å². The van der Waals surface area contributed by atoms with Crippen molar-refractivity contribution in [3.8, 4) is 0 Å². The van der Waals surface area contributed by atoms with E-state index < -0.39 is 0 Å². The van der Waals surface area contributed by atoms with Crippen molar-refractivity contribution >= 4 is 47.2 Å². The van der Waals surface area contributed by atoms with Gasteiger partial charge < -0.3 is 11.1 Å². The molecule has 0 heterocycles. The molecular weight excluding hydrogens is 397 g/mol. The van der Waals surface area contributed by atoms with Gasteiger partial charge in [-0.3, -0.25) is 0 Å². The number of halogens is 2. The Morgan fingerprint density at radius 1 is 1.14 bits per heavy atom. The van der Waals surface area contributed by atoms with Crippen molar-refractivity contribution in [3.63, 3.8) is 0 Å². The number of hydrogen-bond donors (Lipinski definition) is 2. The zero-order valence-electron chi connectivity index (χ0n) is 12.1. The van der Waals surface area contributed by atoms with Crippen molar-refractivity contribution in [1.29, 1.82) is 0 Å². The summed E-state index contributed by atoms with van der Waals surface area (Å²) in [4.78, 5) is 4.31. The Kier molecular flexibility index (Phi) is 6.98. The second kappa shape index (κ2) is 8.24. The lowest BCUT2D eigenvalue weighted by Gasteiger charge is -2.08. The Hall–Kier alpha value is -1.27. The van der Waals surface area contributed by atoms with Crippen LogP contribution >= 0.6 is 35.6 Å². The van der Waals surface area contributed by atoms with Gasteiger partial charge >= 0.3 is 0 Å². The van der Waals surface area contributed by atoms with Crippen molar-refractivity contribution < 1.29 is 0 Å². The molecule has 0 bridgehead atoms. The summed E-state index contributed by atoms with van der Waals surface area (Å²) in [5.74, 6) is 0.384. The van der Waals surface area contributed by atoms with E-state index in [4.69, 9.17) is 17.3 Å². The maximum Gasteiger partial charge on any atom is 0.193 e. The van der Waals surface area contributed by atoms with Crippen LogP contribution in [-0.2, 0) is 6.54 Å². The highest BCUT2D eigenvalue weighted by atomic mass is 127. The molecule has 112 valence electrons. The molecule has 0 fully saturated rings. The van der Waals surface area contributed by atoms with Crippen LogP contribution in [0.2, 0.25) is 5.02 Å². The molecule has 0 aliphatic carbocycles. The van der Waals surface area contributed by atoms with Gasteiger partial charge in [0.25, 0.3) is 0 Å². The van der Waals surface area contributed by atoms with Gasteiger partial charge in [-0.1, -0.05) is 35.9 Å². The molecule has 0 radical (unpaired) electrons. The van der Waals surface area contributed by atoms with Gasteiger partial charge in [-0.25, -0.2) is 4.99 Å². The molecule has 0 aromatic heterocycles. The molecule has 3 nitrogen and oxygen atoms in total. The van der Waals surface area contributed by atoms with Gasteiger partial charge in [0.05, 0.1) is 6.54 Å². The van der Waals surface area contributed by atoms with Crippen LogP contribution in [0.1, 0.15) is 16.7 Å². The van der Waals surface area contributed by atoms with E-state index in [-0.39, 0.29) is 24.0 Å². The van der Waals surface area contributed by atoms with Gasteiger partial charge in [-0.15, -0.1) is 24.0 Å². The van der Waals surface area contributed by atoms with Gasteiger partial charge in [0.1, 0.15) is 0 Å². The fourth-order valence-corrected chi connectivity index (χ4v) is 2.23. The van der Waals surface area contributed by atoms with Gasteiger partial charge in [0.2, 0.25) is 0 Å². The van der Waals surface area contributed by atoms with Crippen molar-refractivity contribution in [2.75, 3.05) is 5.32 Å². The molecule has 0 spiro atoms. The molecule has 0 atom stereocenters. The molecule has 0 aliphatic heterocycles. The molecular formula is C16H19ClIN3. The number of anilines is 1. The highest BCUT2D eigenvalue weighted by Crippen LogP contribution is 2.16. The summed E-state index contributed by atoms with van der Waals surface area (Å²) in [6, 6.07) is 13.8. The van der Waals surface area contributed by atoms with Gasteiger partial charge in [-0.2, -0.15) is 0 Å². The molecule has 2 rings (SSSR count). The van der Waals surface area contributed by atoms with E-state index in [1.807, 2.05) is 36.4 Å². The number of aliphatic imine (C=N–C) groups is 1. The fourth-order valence-electron chi connectivity index (χ4n) is 2.03. The van der Waals surface area contributed by atoms with Gasteiger partial charge in [0, 0.05) is 10.7 Å². The molecule has 0 amide bonds. The third-order valence-corrected chi connectivity index (χ3v) is 3.24. The van der Waals surface area contributed by atoms with Crippen LogP contribution in [0.3, 0.4) is 0 Å². The normalized spacial score (nSPS) is 10.9. The molecule has 0 saturated heterocycles. The Balaban J connectivity index is 0.00000220. The van der Waals surface area contributed by atoms with Crippen LogP contribution in [0.15, 0.2) is 47.5 Å². The van der Waals surface area contributed by atoms with Crippen molar-refractivity contribution in [2.24, 2.45) is 10.7 Å². The number of guanidine groups is 1. The first kappa shape index (κ1) is 17.8. The highest BCUT2D eigenvalue weighted by molar-refractivity contribution is 14.0. The second-order valence-electron chi connectivity index (χ2n) is 4.79. The Labute approximate surface area is 147 Å². The van der Waals surface area contributed by atoms with Crippen LogP contribution in [0.5, 0.6) is 0 Å². The Morgan fingerprint density at radius 3 is 2.38 bits per heavy atom. The molecule has 3 N–H and O–H groups in total. The van der Waals surface area contributed by atoms with Crippen LogP contribution in [-0.4, -0.2) is 5.96 Å². The predicted octanol–water partition coefficient (Wildman–Crippen LogP) is 4.50.